The van der Waals surface area contributed by atoms with Gasteiger partial charge in [0.1, 0.15) is 18.4 Å². The molecule has 2 saturated heterocycles. The van der Waals surface area contributed by atoms with Gasteiger partial charge in [-0.3, -0.25) is 0 Å². The Kier molecular flexibility index (Phi) is 6.90. The van der Waals surface area contributed by atoms with Gasteiger partial charge in [-0.15, -0.1) is 0 Å². The van der Waals surface area contributed by atoms with E-state index in [1.807, 2.05) is 30.3 Å². The van der Waals surface area contributed by atoms with Gasteiger partial charge in [-0.1, -0.05) is 44.2 Å². The van der Waals surface area contributed by atoms with Crippen LogP contribution in [-0.4, -0.2) is 60.5 Å². The van der Waals surface area contributed by atoms with Gasteiger partial charge in [-0.2, -0.15) is 0 Å². The Bertz CT molecular complexity index is 712. The number of ether oxygens (including phenoxy) is 1. The second kappa shape index (κ2) is 9.39. The summed E-state index contributed by atoms with van der Waals surface area (Å²) in [7, 11) is 0. The van der Waals surface area contributed by atoms with Gasteiger partial charge in [0.25, 0.3) is 0 Å². The summed E-state index contributed by atoms with van der Waals surface area (Å²) >= 11 is 0. The summed E-state index contributed by atoms with van der Waals surface area (Å²) in [5, 5.41) is 2.84. The molecule has 29 heavy (non-hydrogen) atoms. The first-order valence-electron chi connectivity index (χ1n) is 10.4. The third-order valence-electron chi connectivity index (χ3n) is 5.90. The molecule has 3 rings (SSSR count). The van der Waals surface area contributed by atoms with E-state index < -0.39 is 24.3 Å². The van der Waals surface area contributed by atoms with Gasteiger partial charge >= 0.3 is 12.1 Å². The predicted molar refractivity (Wildman–Crippen MR) is 109 cm³/mol. The minimum Gasteiger partial charge on any atom is -0.443 e. The van der Waals surface area contributed by atoms with E-state index >= 15 is 0 Å². The highest BCUT2D eigenvalue weighted by Crippen LogP contribution is 2.34. The van der Waals surface area contributed by atoms with Crippen molar-refractivity contribution >= 4 is 18.4 Å². The Morgan fingerprint density at radius 2 is 1.93 bits per heavy atom. The second-order valence-electron chi connectivity index (χ2n) is 8.64. The number of piperidine rings is 1. The zero-order chi connectivity index (χ0) is 20.9. The van der Waals surface area contributed by atoms with E-state index in [9.17, 15) is 14.4 Å². The highest BCUT2D eigenvalue weighted by atomic mass is 16.6. The van der Waals surface area contributed by atoms with E-state index in [2.05, 4.69) is 24.1 Å². The maximum Gasteiger partial charge on any atom is 0.419 e. The lowest BCUT2D eigenvalue weighted by Crippen LogP contribution is -2.44. The fourth-order valence-corrected chi connectivity index (χ4v) is 3.99. The largest absolute Gasteiger partial charge is 0.443 e. The van der Waals surface area contributed by atoms with Crippen molar-refractivity contribution in [2.45, 2.75) is 51.7 Å². The number of benzene rings is 1. The molecule has 2 aliphatic heterocycles. The lowest BCUT2D eigenvalue weighted by Gasteiger charge is -2.36. The number of urea groups is 1. The number of hydrogen-bond donors (Lipinski definition) is 1. The van der Waals surface area contributed by atoms with Crippen LogP contribution in [0.4, 0.5) is 9.59 Å². The molecule has 0 saturated carbocycles. The molecular formula is C22H31N3O4. The van der Waals surface area contributed by atoms with E-state index in [0.29, 0.717) is 12.0 Å². The molecule has 1 aromatic carbocycles. The molecule has 2 heterocycles. The molecule has 7 heteroatoms. The van der Waals surface area contributed by atoms with Crippen LogP contribution in [0.15, 0.2) is 30.3 Å². The lowest BCUT2D eigenvalue weighted by atomic mass is 9.83. The van der Waals surface area contributed by atoms with Crippen LogP contribution in [0.3, 0.4) is 0 Å². The molecular weight excluding hydrogens is 370 g/mol. The number of amides is 3. The van der Waals surface area contributed by atoms with E-state index in [4.69, 9.17) is 4.74 Å². The van der Waals surface area contributed by atoms with Crippen LogP contribution in [0.5, 0.6) is 0 Å². The van der Waals surface area contributed by atoms with Crippen LogP contribution in [-0.2, 0) is 9.53 Å². The number of nitrogens with one attached hydrogen (secondary N) is 1. The van der Waals surface area contributed by atoms with Gasteiger partial charge in [0.05, 0.1) is 0 Å². The highest BCUT2D eigenvalue weighted by molar-refractivity contribution is 5.93. The molecule has 2 unspecified atom stereocenters. The molecule has 1 N–H and O–H groups in total. The van der Waals surface area contributed by atoms with Crippen LogP contribution in [0, 0.1) is 5.41 Å². The molecule has 158 valence electrons. The number of rotatable bonds is 7. The van der Waals surface area contributed by atoms with Gasteiger partial charge in [0, 0.05) is 13.0 Å². The summed E-state index contributed by atoms with van der Waals surface area (Å²) in [5.74, 6) is 0. The first kappa shape index (κ1) is 21.3. The fourth-order valence-electron chi connectivity index (χ4n) is 3.99. The molecule has 2 atom stereocenters. The van der Waals surface area contributed by atoms with Gasteiger partial charge in [-0.25, -0.2) is 14.5 Å². The number of cyclic esters (lactones) is 1. The van der Waals surface area contributed by atoms with Crippen molar-refractivity contribution in [2.24, 2.45) is 5.41 Å². The van der Waals surface area contributed by atoms with Crippen molar-refractivity contribution in [1.29, 1.82) is 0 Å². The van der Waals surface area contributed by atoms with Crippen molar-refractivity contribution in [2.75, 3.05) is 26.2 Å². The monoisotopic (exact) mass is 401 g/mol. The molecule has 3 amide bonds. The van der Waals surface area contributed by atoms with Gasteiger partial charge < -0.3 is 19.7 Å². The fraction of sp³-hybridized carbons (Fsp3) is 0.591. The average Bonchev–Trinajstić information content (AvgIpc) is 3.03. The standard InChI is InChI=1S/C22H31N3O4/c1-22(2)10-14-24(15-11-22)13-6-12-23-20(27)25-19(17-7-4-3-5-8-17)18(9-16-26)29-21(25)28/h3-5,7-8,16,18-19H,6,9-15H2,1-2H3,(H,23,27). The Labute approximate surface area is 172 Å². The van der Waals surface area contributed by atoms with Gasteiger partial charge in [-0.05, 0) is 49.9 Å². The van der Waals surface area contributed by atoms with Crippen LogP contribution in [0.1, 0.15) is 51.1 Å². The lowest BCUT2D eigenvalue weighted by molar-refractivity contribution is -0.109. The highest BCUT2D eigenvalue weighted by Gasteiger charge is 2.46. The van der Waals surface area contributed by atoms with E-state index in [1.54, 1.807) is 0 Å². The zero-order valence-corrected chi connectivity index (χ0v) is 17.3. The minimum atomic E-state index is -0.707. The average molecular weight is 402 g/mol. The van der Waals surface area contributed by atoms with Crippen LogP contribution >= 0.6 is 0 Å². The molecule has 0 spiro atoms. The number of likely N-dealkylation sites (tertiary alicyclic amines) is 1. The summed E-state index contributed by atoms with van der Waals surface area (Å²) in [6.07, 6.45) is 2.61. The summed E-state index contributed by atoms with van der Waals surface area (Å²) in [5.41, 5.74) is 1.20. The SMILES string of the molecule is CC1(C)CCN(CCCNC(=O)N2C(=O)OC(CC=O)C2c2ccccc2)CC1. The third-order valence-corrected chi connectivity index (χ3v) is 5.90. The van der Waals surface area contributed by atoms with Crippen molar-refractivity contribution in [1.82, 2.24) is 15.1 Å². The Morgan fingerprint density at radius 3 is 2.59 bits per heavy atom. The molecule has 0 radical (unpaired) electrons. The maximum absolute atomic E-state index is 12.7. The van der Waals surface area contributed by atoms with Crippen LogP contribution in [0.25, 0.3) is 0 Å². The molecule has 0 aromatic heterocycles. The summed E-state index contributed by atoms with van der Waals surface area (Å²) in [6, 6.07) is 8.14. The van der Waals surface area contributed by atoms with Crippen LogP contribution < -0.4 is 5.32 Å². The number of carbonyl (C=O) groups excluding carboxylic acids is 3. The number of carbonyl (C=O) groups is 3. The molecule has 7 nitrogen and oxygen atoms in total. The quantitative estimate of drug-likeness (QED) is 0.560. The Morgan fingerprint density at radius 1 is 1.24 bits per heavy atom. The van der Waals surface area contributed by atoms with Gasteiger partial charge in [0.15, 0.2) is 0 Å². The maximum atomic E-state index is 12.7. The predicted octanol–water partition coefficient (Wildman–Crippen LogP) is 3.36. The van der Waals surface area contributed by atoms with Crippen molar-refractivity contribution in [3.05, 3.63) is 35.9 Å². The Balaban J connectivity index is 1.54. The van der Waals surface area contributed by atoms with Gasteiger partial charge in [0.2, 0.25) is 0 Å². The van der Waals surface area contributed by atoms with Crippen molar-refractivity contribution in [3.8, 4) is 0 Å². The second-order valence-corrected chi connectivity index (χ2v) is 8.64. The van der Waals surface area contributed by atoms with Crippen molar-refractivity contribution in [3.63, 3.8) is 0 Å². The summed E-state index contributed by atoms with van der Waals surface area (Å²) < 4.78 is 5.31. The molecule has 2 aliphatic rings. The molecule has 1 aromatic rings. The number of aldehydes is 1. The molecule has 2 fully saturated rings. The Hall–Kier alpha value is -2.41. The smallest absolute Gasteiger partial charge is 0.419 e. The number of nitrogens with zero attached hydrogens (tertiary/aromatic N) is 2. The zero-order valence-electron chi connectivity index (χ0n) is 17.3. The molecule has 0 bridgehead atoms. The first-order valence-corrected chi connectivity index (χ1v) is 10.4. The van der Waals surface area contributed by atoms with E-state index in [1.165, 1.54) is 12.8 Å². The van der Waals surface area contributed by atoms with E-state index in [0.717, 1.165) is 42.8 Å². The topological polar surface area (TPSA) is 79.0 Å². The molecule has 0 aliphatic carbocycles. The number of imide groups is 1. The number of hydrogen-bond acceptors (Lipinski definition) is 5. The van der Waals surface area contributed by atoms with Crippen molar-refractivity contribution < 1.29 is 19.1 Å². The summed E-state index contributed by atoms with van der Waals surface area (Å²) in [6.45, 7) is 8.20. The first-order chi connectivity index (χ1) is 13.9. The normalized spacial score (nSPS) is 24.2. The summed E-state index contributed by atoms with van der Waals surface area (Å²) in [4.78, 5) is 39.6. The van der Waals surface area contributed by atoms with E-state index in [-0.39, 0.29) is 6.42 Å². The van der Waals surface area contributed by atoms with Crippen LogP contribution in [0.2, 0.25) is 0 Å². The third kappa shape index (κ3) is 5.35. The minimum absolute atomic E-state index is 0.0559.